The number of carbonyl (C=O) groups is 1. The molecule has 0 atom stereocenters. The van der Waals surface area contributed by atoms with Crippen molar-refractivity contribution >= 4 is 17.4 Å². The van der Waals surface area contributed by atoms with E-state index in [9.17, 15) is 4.79 Å². The molecule has 1 aromatic heterocycles. The Morgan fingerprint density at radius 1 is 1.39 bits per heavy atom. The maximum Gasteiger partial charge on any atom is 0.277 e. The smallest absolute Gasteiger partial charge is 0.277 e. The molecule has 2 aromatic rings. The summed E-state index contributed by atoms with van der Waals surface area (Å²) in [6.07, 6.45) is 1.30. The number of nitrogens with one attached hydrogen (secondary N) is 1. The third kappa shape index (κ3) is 2.29. The zero-order chi connectivity index (χ0) is 13.0. The molecule has 0 fully saturated rings. The average molecular weight is 246 g/mol. The van der Waals surface area contributed by atoms with E-state index in [1.807, 2.05) is 0 Å². The van der Waals surface area contributed by atoms with Gasteiger partial charge in [-0.1, -0.05) is 22.4 Å². The van der Waals surface area contributed by atoms with Crippen LogP contribution < -0.4 is 11.1 Å². The summed E-state index contributed by atoms with van der Waals surface area (Å²) in [6.45, 7) is 0. The first-order chi connectivity index (χ1) is 8.72. The van der Waals surface area contributed by atoms with E-state index in [4.69, 9.17) is 10.9 Å². The maximum atomic E-state index is 11.8. The van der Waals surface area contributed by atoms with Crippen LogP contribution in [-0.4, -0.2) is 22.1 Å². The van der Waals surface area contributed by atoms with E-state index >= 15 is 0 Å². The van der Waals surface area contributed by atoms with Crippen LogP contribution in [0.2, 0.25) is 0 Å². The lowest BCUT2D eigenvalue weighted by molar-refractivity contribution is 0.101. The van der Waals surface area contributed by atoms with E-state index < -0.39 is 5.91 Å². The molecule has 0 bridgehead atoms. The van der Waals surface area contributed by atoms with Gasteiger partial charge in [0.05, 0.1) is 5.69 Å². The number of nitrogens with zero attached hydrogens (tertiary/aromatic N) is 2. The number of hydrogen-bond acceptors (Lipinski definition) is 5. The monoisotopic (exact) mass is 246 g/mol. The van der Waals surface area contributed by atoms with Gasteiger partial charge in [-0.15, -0.1) is 0 Å². The second kappa shape index (κ2) is 5.00. The van der Waals surface area contributed by atoms with E-state index in [1.165, 1.54) is 12.3 Å². The van der Waals surface area contributed by atoms with Crippen LogP contribution in [0.1, 0.15) is 16.1 Å². The lowest BCUT2D eigenvalue weighted by Crippen LogP contribution is -2.19. The Morgan fingerprint density at radius 2 is 2.17 bits per heavy atom. The van der Waals surface area contributed by atoms with Gasteiger partial charge in [-0.2, -0.15) is 0 Å². The highest BCUT2D eigenvalue weighted by molar-refractivity contribution is 6.09. The number of aromatic nitrogens is 1. The van der Waals surface area contributed by atoms with Crippen LogP contribution >= 0.6 is 0 Å². The zero-order valence-electron chi connectivity index (χ0n) is 9.20. The molecule has 1 heterocycles. The van der Waals surface area contributed by atoms with E-state index in [1.54, 1.807) is 24.3 Å². The van der Waals surface area contributed by atoms with Crippen LogP contribution in [0.15, 0.2) is 46.3 Å². The van der Waals surface area contributed by atoms with Crippen molar-refractivity contribution in [3.8, 4) is 0 Å². The van der Waals surface area contributed by atoms with Crippen LogP contribution in [0.25, 0.3) is 0 Å². The fraction of sp³-hybridized carbons (Fsp3) is 0. The minimum Gasteiger partial charge on any atom is -0.409 e. The lowest BCUT2D eigenvalue weighted by Gasteiger charge is -2.08. The average Bonchev–Trinajstić information content (AvgIpc) is 2.92. The summed E-state index contributed by atoms with van der Waals surface area (Å²) >= 11 is 0. The summed E-state index contributed by atoms with van der Waals surface area (Å²) < 4.78 is 4.57. The summed E-state index contributed by atoms with van der Waals surface area (Å²) in [5, 5.41) is 17.7. The molecule has 0 spiro atoms. The summed E-state index contributed by atoms with van der Waals surface area (Å²) in [5.41, 5.74) is 6.48. The second-order valence-electron chi connectivity index (χ2n) is 3.37. The Balaban J connectivity index is 2.27. The molecule has 7 nitrogen and oxygen atoms in total. The highest BCUT2D eigenvalue weighted by atomic mass is 16.5. The third-order valence-corrected chi connectivity index (χ3v) is 2.23. The maximum absolute atomic E-state index is 11.8. The predicted octanol–water partition coefficient (Wildman–Crippen LogP) is 1.02. The van der Waals surface area contributed by atoms with Crippen LogP contribution in [0.3, 0.4) is 0 Å². The molecule has 0 saturated carbocycles. The van der Waals surface area contributed by atoms with E-state index in [0.29, 0.717) is 11.3 Å². The Kier molecular flexibility index (Phi) is 3.24. The molecule has 0 aliphatic carbocycles. The van der Waals surface area contributed by atoms with Gasteiger partial charge in [0.2, 0.25) is 0 Å². The van der Waals surface area contributed by atoms with E-state index in [-0.39, 0.29) is 11.5 Å². The van der Waals surface area contributed by atoms with Crippen molar-refractivity contribution in [1.82, 2.24) is 5.16 Å². The molecule has 0 aliphatic heterocycles. The van der Waals surface area contributed by atoms with Crippen molar-refractivity contribution in [3.05, 3.63) is 47.9 Å². The molecule has 2 rings (SSSR count). The topological polar surface area (TPSA) is 114 Å². The molecule has 0 unspecified atom stereocenters. The lowest BCUT2D eigenvalue weighted by atomic mass is 10.1. The van der Waals surface area contributed by atoms with Crippen LogP contribution in [0, 0.1) is 0 Å². The number of oxime groups is 1. The Bertz CT molecular complexity index is 578. The number of amidine groups is 1. The second-order valence-corrected chi connectivity index (χ2v) is 3.37. The van der Waals surface area contributed by atoms with Crippen molar-refractivity contribution in [3.63, 3.8) is 0 Å². The van der Waals surface area contributed by atoms with Gasteiger partial charge < -0.3 is 20.8 Å². The molecule has 0 saturated heterocycles. The van der Waals surface area contributed by atoms with Gasteiger partial charge in [0.15, 0.2) is 11.5 Å². The van der Waals surface area contributed by atoms with Gasteiger partial charge >= 0.3 is 0 Å². The fourth-order valence-corrected chi connectivity index (χ4v) is 1.39. The minimum absolute atomic E-state index is 0.0916. The van der Waals surface area contributed by atoms with Gasteiger partial charge in [0.25, 0.3) is 5.91 Å². The summed E-state index contributed by atoms with van der Waals surface area (Å²) in [7, 11) is 0. The predicted molar refractivity (Wildman–Crippen MR) is 63.4 cm³/mol. The van der Waals surface area contributed by atoms with Crippen molar-refractivity contribution in [1.29, 1.82) is 0 Å². The van der Waals surface area contributed by atoms with Crippen molar-refractivity contribution < 1.29 is 14.5 Å². The van der Waals surface area contributed by atoms with Gasteiger partial charge in [-0.25, -0.2) is 0 Å². The van der Waals surface area contributed by atoms with Crippen LogP contribution in [0.4, 0.5) is 5.69 Å². The number of benzene rings is 1. The van der Waals surface area contributed by atoms with Crippen LogP contribution in [0.5, 0.6) is 0 Å². The third-order valence-electron chi connectivity index (χ3n) is 2.23. The molecule has 0 aliphatic rings. The summed E-state index contributed by atoms with van der Waals surface area (Å²) in [5.74, 6) is -0.534. The Morgan fingerprint density at radius 3 is 2.83 bits per heavy atom. The number of carbonyl (C=O) groups excluding carboxylic acids is 1. The first-order valence-corrected chi connectivity index (χ1v) is 5.01. The zero-order valence-corrected chi connectivity index (χ0v) is 9.20. The minimum atomic E-state index is -0.443. The number of rotatable bonds is 3. The Labute approximate surface area is 102 Å². The Hall–Kier alpha value is -2.83. The summed E-state index contributed by atoms with van der Waals surface area (Å²) in [4.78, 5) is 11.8. The van der Waals surface area contributed by atoms with E-state index in [0.717, 1.165) is 0 Å². The number of nitrogens with two attached hydrogens (primary N) is 1. The van der Waals surface area contributed by atoms with Gasteiger partial charge in [0.1, 0.15) is 6.26 Å². The number of anilines is 1. The molecule has 1 aromatic carbocycles. The molecular formula is C11H10N4O3. The van der Waals surface area contributed by atoms with Gasteiger partial charge in [-0.05, 0) is 12.1 Å². The molecule has 92 valence electrons. The molecular weight excluding hydrogens is 236 g/mol. The highest BCUT2D eigenvalue weighted by Crippen LogP contribution is 2.15. The van der Waals surface area contributed by atoms with Crippen LogP contribution in [-0.2, 0) is 0 Å². The molecule has 7 heteroatoms. The fourth-order valence-electron chi connectivity index (χ4n) is 1.39. The first kappa shape index (κ1) is 11.6. The molecule has 4 N–H and O–H groups in total. The highest BCUT2D eigenvalue weighted by Gasteiger charge is 2.12. The SMILES string of the molecule is NC(=NO)c1ccccc1NC(=O)c1ccon1. The number of para-hydroxylation sites is 1. The normalized spacial score (nSPS) is 11.2. The van der Waals surface area contributed by atoms with Gasteiger partial charge in [-0.3, -0.25) is 4.79 Å². The molecule has 1 amide bonds. The largest absolute Gasteiger partial charge is 0.409 e. The van der Waals surface area contributed by atoms with Gasteiger partial charge in [0, 0.05) is 11.6 Å². The molecule has 18 heavy (non-hydrogen) atoms. The van der Waals surface area contributed by atoms with E-state index in [2.05, 4.69) is 20.2 Å². The van der Waals surface area contributed by atoms with Crippen molar-refractivity contribution in [2.75, 3.05) is 5.32 Å². The van der Waals surface area contributed by atoms with Crippen molar-refractivity contribution in [2.45, 2.75) is 0 Å². The first-order valence-electron chi connectivity index (χ1n) is 5.01. The number of hydrogen-bond donors (Lipinski definition) is 3. The quantitative estimate of drug-likeness (QED) is 0.324. The number of amides is 1. The standard InChI is InChI=1S/C11H10N4O3/c12-10(14-17)7-3-1-2-4-8(7)13-11(16)9-5-6-18-15-9/h1-6,17H,(H2,12,14)(H,13,16). The van der Waals surface area contributed by atoms with Crippen molar-refractivity contribution in [2.24, 2.45) is 10.9 Å². The summed E-state index contributed by atoms with van der Waals surface area (Å²) in [6, 6.07) is 8.10. The molecule has 0 radical (unpaired) electrons.